The lowest BCUT2D eigenvalue weighted by molar-refractivity contribution is -0.132. The van der Waals surface area contributed by atoms with Crippen molar-refractivity contribution in [3.05, 3.63) is 130 Å². The van der Waals surface area contributed by atoms with E-state index in [9.17, 15) is 14.7 Å². The SMILES string of the molecule is Cc1nc2ccccn2c1C(O)=C1C(=O)C(=O)N(c2nc3ccc(Cl)cc3s2)C1c1cccc(OCc2ccccc2)c1. The number of halogens is 1. The summed E-state index contributed by atoms with van der Waals surface area (Å²) < 4.78 is 8.55. The van der Waals surface area contributed by atoms with Gasteiger partial charge in [0.2, 0.25) is 0 Å². The van der Waals surface area contributed by atoms with Crippen molar-refractivity contribution >= 4 is 61.4 Å². The number of nitrogens with zero attached hydrogens (tertiary/aromatic N) is 4. The van der Waals surface area contributed by atoms with Gasteiger partial charge in [-0.1, -0.05) is 71.5 Å². The van der Waals surface area contributed by atoms with Crippen LogP contribution in [0.5, 0.6) is 5.75 Å². The lowest BCUT2D eigenvalue weighted by Crippen LogP contribution is -2.29. The van der Waals surface area contributed by atoms with Crippen LogP contribution in [0.25, 0.3) is 21.6 Å². The van der Waals surface area contributed by atoms with Crippen LogP contribution >= 0.6 is 22.9 Å². The van der Waals surface area contributed by atoms with E-state index < -0.39 is 17.7 Å². The quantitative estimate of drug-likeness (QED) is 0.123. The van der Waals surface area contributed by atoms with Crippen LogP contribution in [0.4, 0.5) is 5.13 Å². The van der Waals surface area contributed by atoms with Gasteiger partial charge in [-0.3, -0.25) is 18.9 Å². The number of rotatable bonds is 6. The number of carbonyl (C=O) groups is 2. The number of amides is 1. The molecule has 43 heavy (non-hydrogen) atoms. The number of anilines is 1. The Bertz CT molecular complexity index is 2090. The summed E-state index contributed by atoms with van der Waals surface area (Å²) in [5.41, 5.74) is 3.62. The van der Waals surface area contributed by atoms with Crippen molar-refractivity contribution in [2.45, 2.75) is 19.6 Å². The molecule has 1 atom stereocenters. The van der Waals surface area contributed by atoms with Gasteiger partial charge in [0.15, 0.2) is 10.9 Å². The van der Waals surface area contributed by atoms with E-state index in [4.69, 9.17) is 16.3 Å². The number of pyridine rings is 1. The minimum atomic E-state index is -0.982. The van der Waals surface area contributed by atoms with Crippen molar-refractivity contribution < 1.29 is 19.4 Å². The number of ketones is 1. The van der Waals surface area contributed by atoms with Crippen LogP contribution in [0, 0.1) is 6.92 Å². The molecule has 0 spiro atoms. The number of hydrogen-bond acceptors (Lipinski definition) is 7. The second-order valence-corrected chi connectivity index (χ2v) is 11.5. The number of aryl methyl sites for hydroxylation is 1. The number of aromatic nitrogens is 3. The normalized spacial score (nSPS) is 16.4. The number of aliphatic hydroxyl groups is 1. The van der Waals surface area contributed by atoms with Crippen LogP contribution in [0.3, 0.4) is 0 Å². The molecule has 1 saturated heterocycles. The van der Waals surface area contributed by atoms with Crippen LogP contribution in [0.1, 0.15) is 28.6 Å². The summed E-state index contributed by atoms with van der Waals surface area (Å²) in [5.74, 6) is -1.38. The zero-order valence-corrected chi connectivity index (χ0v) is 24.3. The molecule has 1 aliphatic rings. The molecule has 1 N–H and O–H groups in total. The molecule has 212 valence electrons. The molecule has 10 heteroatoms. The van der Waals surface area contributed by atoms with Crippen molar-refractivity contribution in [2.75, 3.05) is 4.90 Å². The van der Waals surface area contributed by atoms with E-state index in [1.165, 1.54) is 16.2 Å². The fraction of sp³-hybridized carbons (Fsp3) is 0.0909. The highest BCUT2D eigenvalue weighted by atomic mass is 35.5. The second-order valence-electron chi connectivity index (χ2n) is 10.1. The Morgan fingerprint density at radius 3 is 2.63 bits per heavy atom. The highest BCUT2D eigenvalue weighted by molar-refractivity contribution is 7.22. The van der Waals surface area contributed by atoms with Gasteiger partial charge >= 0.3 is 5.91 Å². The van der Waals surface area contributed by atoms with Crippen LogP contribution < -0.4 is 9.64 Å². The van der Waals surface area contributed by atoms with Crippen molar-refractivity contribution in [1.82, 2.24) is 14.4 Å². The molecular formula is C33H23ClN4O4S. The van der Waals surface area contributed by atoms with E-state index in [1.54, 1.807) is 66.1 Å². The van der Waals surface area contributed by atoms with Crippen LogP contribution in [0.15, 0.2) is 103 Å². The summed E-state index contributed by atoms with van der Waals surface area (Å²) in [4.78, 5) is 38.2. The first-order valence-electron chi connectivity index (χ1n) is 13.5. The molecule has 6 aromatic rings. The molecule has 0 aliphatic carbocycles. The van der Waals surface area contributed by atoms with Gasteiger partial charge in [0.1, 0.15) is 23.7 Å². The standard InChI is InChI=1S/C33H23ClN4O4S/c1-19-28(37-15-6-5-12-26(37)35-19)30(39)27-29(21-10-7-11-23(16-21)42-18-20-8-3-2-4-9-20)38(32(41)31(27)40)33-36-24-14-13-22(34)17-25(24)43-33/h2-17,29,39H,18H2,1H3. The summed E-state index contributed by atoms with van der Waals surface area (Å²) in [6, 6.07) is 26.7. The summed E-state index contributed by atoms with van der Waals surface area (Å²) in [5, 5.41) is 12.7. The number of carbonyl (C=O) groups excluding carboxylic acids is 2. The topological polar surface area (TPSA) is 97.0 Å². The minimum absolute atomic E-state index is 0.0590. The van der Waals surface area contributed by atoms with Gasteiger partial charge in [0, 0.05) is 11.2 Å². The van der Waals surface area contributed by atoms with E-state index in [2.05, 4.69) is 9.97 Å². The smallest absolute Gasteiger partial charge is 0.301 e. The molecular weight excluding hydrogens is 584 g/mol. The summed E-state index contributed by atoms with van der Waals surface area (Å²) in [7, 11) is 0. The first-order valence-corrected chi connectivity index (χ1v) is 14.7. The Hall–Kier alpha value is -4.99. The van der Waals surface area contributed by atoms with Gasteiger partial charge in [0.05, 0.1) is 27.5 Å². The fourth-order valence-electron chi connectivity index (χ4n) is 5.38. The second kappa shape index (κ2) is 10.7. The molecule has 4 heterocycles. The average molecular weight is 607 g/mol. The zero-order chi connectivity index (χ0) is 29.7. The maximum Gasteiger partial charge on any atom is 0.301 e. The lowest BCUT2D eigenvalue weighted by atomic mass is 9.96. The number of imidazole rings is 1. The number of ether oxygens (including phenoxy) is 1. The molecule has 0 radical (unpaired) electrons. The molecule has 0 bridgehead atoms. The van der Waals surface area contributed by atoms with Crippen molar-refractivity contribution in [3.63, 3.8) is 0 Å². The number of hydrogen-bond donors (Lipinski definition) is 1. The number of Topliss-reactive ketones (excluding diaryl/α,β-unsaturated/α-hetero) is 1. The predicted molar refractivity (Wildman–Crippen MR) is 167 cm³/mol. The summed E-state index contributed by atoms with van der Waals surface area (Å²) >= 11 is 7.47. The largest absolute Gasteiger partial charge is 0.505 e. The zero-order valence-electron chi connectivity index (χ0n) is 22.8. The molecule has 8 nitrogen and oxygen atoms in total. The first kappa shape index (κ1) is 26.9. The Labute approximate surface area is 255 Å². The Balaban J connectivity index is 1.40. The highest BCUT2D eigenvalue weighted by Crippen LogP contribution is 2.45. The Morgan fingerprint density at radius 1 is 0.977 bits per heavy atom. The average Bonchev–Trinajstić information content (AvgIpc) is 3.66. The Morgan fingerprint density at radius 2 is 1.79 bits per heavy atom. The predicted octanol–water partition coefficient (Wildman–Crippen LogP) is 7.11. The molecule has 7 rings (SSSR count). The maximum absolute atomic E-state index is 13.8. The number of benzene rings is 3. The van der Waals surface area contributed by atoms with Crippen LogP contribution in [0.2, 0.25) is 5.02 Å². The van der Waals surface area contributed by atoms with Gasteiger partial charge < -0.3 is 9.84 Å². The third-order valence-electron chi connectivity index (χ3n) is 7.34. The molecule has 0 saturated carbocycles. The minimum Gasteiger partial charge on any atom is -0.505 e. The van der Waals surface area contributed by atoms with Crippen LogP contribution in [-0.2, 0) is 16.2 Å². The van der Waals surface area contributed by atoms with Gasteiger partial charge in [-0.2, -0.15) is 0 Å². The third-order valence-corrected chi connectivity index (χ3v) is 8.59. The van der Waals surface area contributed by atoms with E-state index in [1.807, 2.05) is 42.5 Å². The molecule has 1 fully saturated rings. The first-order chi connectivity index (χ1) is 20.9. The number of fused-ring (bicyclic) bond motifs is 2. The van der Waals surface area contributed by atoms with Gasteiger partial charge in [-0.05, 0) is 60.5 Å². The number of thiazole rings is 1. The maximum atomic E-state index is 13.8. The third kappa shape index (κ3) is 4.72. The molecule has 3 aromatic carbocycles. The monoisotopic (exact) mass is 606 g/mol. The molecule has 1 amide bonds. The van der Waals surface area contributed by atoms with Gasteiger partial charge in [-0.25, -0.2) is 9.97 Å². The summed E-state index contributed by atoms with van der Waals surface area (Å²) in [6.45, 7) is 2.09. The van der Waals surface area contributed by atoms with Crippen molar-refractivity contribution in [3.8, 4) is 5.75 Å². The van der Waals surface area contributed by atoms with Gasteiger partial charge in [0.25, 0.3) is 5.78 Å². The van der Waals surface area contributed by atoms with Crippen molar-refractivity contribution in [2.24, 2.45) is 0 Å². The van der Waals surface area contributed by atoms with Crippen LogP contribution in [-0.4, -0.2) is 31.2 Å². The van der Waals surface area contributed by atoms with Crippen molar-refractivity contribution in [1.29, 1.82) is 0 Å². The molecule has 1 aliphatic heterocycles. The lowest BCUT2D eigenvalue weighted by Gasteiger charge is -2.23. The molecule has 3 aromatic heterocycles. The fourth-order valence-corrected chi connectivity index (χ4v) is 6.64. The van der Waals surface area contributed by atoms with E-state index in [-0.39, 0.29) is 11.3 Å². The molecule has 1 unspecified atom stereocenters. The summed E-state index contributed by atoms with van der Waals surface area (Å²) in [6.07, 6.45) is 1.75. The van der Waals surface area contributed by atoms with E-state index in [0.717, 1.165) is 10.3 Å². The highest BCUT2D eigenvalue weighted by Gasteiger charge is 2.48. The van der Waals surface area contributed by atoms with E-state index >= 15 is 0 Å². The van der Waals surface area contributed by atoms with Gasteiger partial charge in [-0.15, -0.1) is 0 Å². The Kier molecular flexibility index (Phi) is 6.68. The van der Waals surface area contributed by atoms with E-state index in [0.29, 0.717) is 50.6 Å². The number of aliphatic hydroxyl groups excluding tert-OH is 1.